The number of fused-ring (bicyclic) bond motifs is 2. The highest BCUT2D eigenvalue weighted by Gasteiger charge is 2.45. The van der Waals surface area contributed by atoms with Crippen LogP contribution in [0.3, 0.4) is 0 Å². The van der Waals surface area contributed by atoms with Crippen molar-refractivity contribution >= 4 is 46.6 Å². The molecule has 3 aliphatic heterocycles. The van der Waals surface area contributed by atoms with Gasteiger partial charge < -0.3 is 15.0 Å². The Balaban J connectivity index is 1.44. The van der Waals surface area contributed by atoms with Gasteiger partial charge in [-0.05, 0) is 61.7 Å². The fourth-order valence-corrected chi connectivity index (χ4v) is 5.54. The van der Waals surface area contributed by atoms with Crippen molar-refractivity contribution in [3.05, 3.63) is 65.5 Å². The topological polar surface area (TPSA) is 138 Å². The van der Waals surface area contributed by atoms with Gasteiger partial charge >= 0.3 is 0 Å². The third-order valence-corrected chi connectivity index (χ3v) is 7.65. The Morgan fingerprint density at radius 1 is 1.02 bits per heavy atom. The first kappa shape index (κ1) is 26.2. The molecule has 2 N–H and O–H groups in total. The maximum atomic E-state index is 13.7. The second-order valence-corrected chi connectivity index (χ2v) is 10.3. The molecule has 0 bridgehead atoms. The molecule has 0 unspecified atom stereocenters. The normalized spacial score (nSPS) is 20.0. The first-order valence-corrected chi connectivity index (χ1v) is 13.3. The van der Waals surface area contributed by atoms with E-state index in [-0.39, 0.29) is 29.9 Å². The van der Waals surface area contributed by atoms with Crippen LogP contribution in [0.2, 0.25) is 0 Å². The molecular formula is C30H27N5O6. The smallest absolute Gasteiger partial charge is 0.267 e. The zero-order chi connectivity index (χ0) is 29.0. The lowest BCUT2D eigenvalue weighted by Gasteiger charge is -2.32. The Labute approximate surface area is 235 Å². The molecule has 0 saturated carbocycles. The van der Waals surface area contributed by atoms with E-state index in [4.69, 9.17) is 4.74 Å². The van der Waals surface area contributed by atoms with Crippen LogP contribution in [0.15, 0.2) is 48.7 Å². The number of aromatic nitrogens is 1. The highest BCUT2D eigenvalue weighted by Crippen LogP contribution is 2.44. The average molecular weight is 554 g/mol. The van der Waals surface area contributed by atoms with E-state index in [9.17, 15) is 24.0 Å². The van der Waals surface area contributed by atoms with E-state index in [1.54, 1.807) is 36.3 Å². The number of nitrogens with one attached hydrogen (secondary N) is 2. The highest BCUT2D eigenvalue weighted by molar-refractivity contribution is 6.25. The number of piperidine rings is 1. The van der Waals surface area contributed by atoms with Crippen molar-refractivity contribution in [2.75, 3.05) is 17.3 Å². The second kappa shape index (κ2) is 9.84. The van der Waals surface area contributed by atoms with Gasteiger partial charge in [0.2, 0.25) is 11.8 Å². The largest absolute Gasteiger partial charge is 0.478 e. The Kier molecular flexibility index (Phi) is 6.29. The van der Waals surface area contributed by atoms with E-state index in [2.05, 4.69) is 15.6 Å². The number of hydrogen-bond acceptors (Lipinski definition) is 8. The summed E-state index contributed by atoms with van der Waals surface area (Å²) in [6.07, 6.45) is 1.71. The predicted molar refractivity (Wildman–Crippen MR) is 149 cm³/mol. The first-order chi connectivity index (χ1) is 19.7. The molecule has 5 amide bonds. The lowest BCUT2D eigenvalue weighted by atomic mass is 10.00. The van der Waals surface area contributed by atoms with E-state index in [1.165, 1.54) is 6.07 Å². The molecule has 11 heteroatoms. The molecule has 0 spiro atoms. The summed E-state index contributed by atoms with van der Waals surface area (Å²) in [4.78, 5) is 70.9. The number of amides is 5. The molecule has 4 heterocycles. The van der Waals surface area contributed by atoms with Gasteiger partial charge in [0.1, 0.15) is 11.8 Å². The Hall–Kier alpha value is -5.06. The van der Waals surface area contributed by atoms with Crippen LogP contribution in [-0.2, 0) is 14.4 Å². The number of rotatable bonds is 5. The molecule has 1 aromatic heterocycles. The summed E-state index contributed by atoms with van der Waals surface area (Å²) in [6.45, 7) is 3.76. The minimum Gasteiger partial charge on any atom is -0.478 e. The van der Waals surface area contributed by atoms with E-state index in [1.807, 2.05) is 32.0 Å². The molecule has 11 nitrogen and oxygen atoms in total. The van der Waals surface area contributed by atoms with Gasteiger partial charge in [0.05, 0.1) is 22.5 Å². The van der Waals surface area contributed by atoms with E-state index in [0.29, 0.717) is 29.2 Å². The van der Waals surface area contributed by atoms with Crippen LogP contribution in [0.25, 0.3) is 11.1 Å². The van der Waals surface area contributed by atoms with Gasteiger partial charge in [0.15, 0.2) is 6.10 Å². The Morgan fingerprint density at radius 3 is 2.56 bits per heavy atom. The fraction of sp³-hybridized carbons (Fsp3) is 0.267. The van der Waals surface area contributed by atoms with Gasteiger partial charge in [-0.3, -0.25) is 39.2 Å². The van der Waals surface area contributed by atoms with E-state index < -0.39 is 35.8 Å². The summed E-state index contributed by atoms with van der Waals surface area (Å²) in [5.41, 5.74) is 4.14. The van der Waals surface area contributed by atoms with Crippen molar-refractivity contribution in [3.8, 4) is 16.9 Å². The van der Waals surface area contributed by atoms with Crippen molar-refractivity contribution < 1.29 is 28.7 Å². The van der Waals surface area contributed by atoms with Crippen LogP contribution in [-0.4, -0.2) is 58.6 Å². The number of aryl methyl sites for hydroxylation is 1. The minimum atomic E-state index is -1.07. The number of hydrogen-bond donors (Lipinski definition) is 2. The quantitative estimate of drug-likeness (QED) is 0.459. The summed E-state index contributed by atoms with van der Waals surface area (Å²) in [6, 6.07) is 11.2. The Morgan fingerprint density at radius 2 is 1.83 bits per heavy atom. The van der Waals surface area contributed by atoms with Crippen LogP contribution in [0.5, 0.6) is 5.75 Å². The van der Waals surface area contributed by atoms with Crippen molar-refractivity contribution in [3.63, 3.8) is 0 Å². The number of carbonyl (C=O) groups is 5. The maximum absolute atomic E-state index is 13.7. The standard InChI is InChI=1S/C30H27N5O6/c1-4-23-29(39)34(3)22-14-20(18(13-24(22)41-23)16-10-11-31-15(2)12-16)32-19-7-5-6-17-26(19)30(40)35(28(17)38)21-8-9-25(36)33-27(21)37/h5-7,10-14,21,23,32H,4,8-9H2,1-3H3,(H,33,36,37)/t21-,23-/m0/s1. The number of nitrogens with zero attached hydrogens (tertiary/aromatic N) is 3. The minimum absolute atomic E-state index is 0.0337. The number of ether oxygens (including phenoxy) is 1. The van der Waals surface area contributed by atoms with Gasteiger partial charge in [0, 0.05) is 36.6 Å². The molecule has 3 aromatic rings. The predicted octanol–water partition coefficient (Wildman–Crippen LogP) is 3.34. The van der Waals surface area contributed by atoms with Gasteiger partial charge in [-0.15, -0.1) is 0 Å². The van der Waals surface area contributed by atoms with Crippen molar-refractivity contribution in [2.45, 2.75) is 45.3 Å². The second-order valence-electron chi connectivity index (χ2n) is 10.3. The lowest BCUT2D eigenvalue weighted by molar-refractivity contribution is -0.136. The molecule has 6 rings (SSSR count). The van der Waals surface area contributed by atoms with Crippen molar-refractivity contribution in [1.29, 1.82) is 0 Å². The van der Waals surface area contributed by atoms with Gasteiger partial charge in [-0.2, -0.15) is 0 Å². The molecule has 3 aliphatic rings. The monoisotopic (exact) mass is 553 g/mol. The average Bonchev–Trinajstić information content (AvgIpc) is 3.21. The summed E-state index contributed by atoms with van der Waals surface area (Å²) in [5.74, 6) is -1.95. The zero-order valence-corrected chi connectivity index (χ0v) is 22.7. The summed E-state index contributed by atoms with van der Waals surface area (Å²) >= 11 is 0. The third kappa shape index (κ3) is 4.30. The van der Waals surface area contributed by atoms with Gasteiger partial charge in [-0.1, -0.05) is 13.0 Å². The first-order valence-electron chi connectivity index (χ1n) is 13.3. The molecular weight excluding hydrogens is 526 g/mol. The summed E-state index contributed by atoms with van der Waals surface area (Å²) < 4.78 is 6.06. The van der Waals surface area contributed by atoms with Gasteiger partial charge in [0.25, 0.3) is 17.7 Å². The van der Waals surface area contributed by atoms with Crippen LogP contribution >= 0.6 is 0 Å². The zero-order valence-electron chi connectivity index (χ0n) is 22.7. The number of anilines is 3. The molecule has 2 aromatic carbocycles. The summed E-state index contributed by atoms with van der Waals surface area (Å²) in [5, 5.41) is 5.54. The Bertz CT molecular complexity index is 1670. The number of likely N-dealkylation sites (N-methyl/N-ethyl adjacent to an activating group) is 1. The third-order valence-electron chi connectivity index (χ3n) is 7.65. The van der Waals surface area contributed by atoms with Crippen molar-refractivity contribution in [1.82, 2.24) is 15.2 Å². The molecule has 2 atom stereocenters. The maximum Gasteiger partial charge on any atom is 0.267 e. The van der Waals surface area contributed by atoms with Crippen LogP contribution in [0.4, 0.5) is 17.1 Å². The highest BCUT2D eigenvalue weighted by atomic mass is 16.5. The van der Waals surface area contributed by atoms with Gasteiger partial charge in [-0.25, -0.2) is 0 Å². The molecule has 1 fully saturated rings. The molecule has 208 valence electrons. The molecule has 0 radical (unpaired) electrons. The summed E-state index contributed by atoms with van der Waals surface area (Å²) in [7, 11) is 1.69. The van der Waals surface area contributed by atoms with E-state index in [0.717, 1.165) is 21.7 Å². The lowest BCUT2D eigenvalue weighted by Crippen LogP contribution is -2.54. The van der Waals surface area contributed by atoms with Crippen LogP contribution in [0.1, 0.15) is 52.6 Å². The number of carbonyl (C=O) groups excluding carboxylic acids is 5. The number of benzene rings is 2. The SMILES string of the molecule is CC[C@@H]1Oc2cc(-c3ccnc(C)c3)c(Nc3cccc4c3C(=O)N([C@H]3CCC(=O)NC3=O)C4=O)cc2N(C)C1=O. The van der Waals surface area contributed by atoms with Crippen LogP contribution in [0, 0.1) is 6.92 Å². The molecule has 41 heavy (non-hydrogen) atoms. The molecule has 0 aliphatic carbocycles. The number of pyridine rings is 1. The van der Waals surface area contributed by atoms with Crippen molar-refractivity contribution in [2.24, 2.45) is 0 Å². The number of imide groups is 2. The fourth-order valence-electron chi connectivity index (χ4n) is 5.54. The van der Waals surface area contributed by atoms with Crippen LogP contribution < -0.4 is 20.3 Å². The van der Waals surface area contributed by atoms with E-state index >= 15 is 0 Å². The molecule has 1 saturated heterocycles.